The van der Waals surface area contributed by atoms with Crippen molar-refractivity contribution in [1.29, 1.82) is 0 Å². The first-order valence-corrected chi connectivity index (χ1v) is 6.10. The maximum atomic E-state index is 11.9. The van der Waals surface area contributed by atoms with Crippen molar-refractivity contribution in [2.45, 2.75) is 6.42 Å². The van der Waals surface area contributed by atoms with Gasteiger partial charge in [0.05, 0.1) is 5.56 Å². The Labute approximate surface area is 110 Å². The fourth-order valence-corrected chi connectivity index (χ4v) is 2.06. The van der Waals surface area contributed by atoms with Crippen molar-refractivity contribution in [1.82, 2.24) is 4.90 Å². The Morgan fingerprint density at radius 1 is 1.32 bits per heavy atom. The number of carboxylic acids is 1. The van der Waals surface area contributed by atoms with E-state index in [1.165, 1.54) is 12.1 Å². The molecule has 1 aliphatic heterocycles. The minimum atomic E-state index is -0.997. The van der Waals surface area contributed by atoms with Crippen LogP contribution in [0.25, 0.3) is 0 Å². The summed E-state index contributed by atoms with van der Waals surface area (Å²) in [4.78, 5) is 24.3. The Bertz CT molecular complexity index is 472. The lowest BCUT2D eigenvalue weighted by molar-refractivity contribution is 0.0697. The number of rotatable bonds is 3. The number of urea groups is 1. The zero-order valence-electron chi connectivity index (χ0n) is 10.4. The summed E-state index contributed by atoms with van der Waals surface area (Å²) in [5.41, 5.74) is 0.738. The third kappa shape index (κ3) is 3.23. The molecule has 1 aromatic carbocycles. The van der Waals surface area contributed by atoms with Crippen LogP contribution in [0.15, 0.2) is 24.3 Å². The molecule has 1 aromatic rings. The molecule has 19 heavy (non-hydrogen) atoms. The minimum Gasteiger partial charge on any atom is -0.478 e. The van der Waals surface area contributed by atoms with Crippen LogP contribution in [0.4, 0.5) is 10.5 Å². The number of likely N-dealkylation sites (tertiary alicyclic amines) is 1. The zero-order chi connectivity index (χ0) is 13.8. The first-order chi connectivity index (χ1) is 9.10. The smallest absolute Gasteiger partial charge is 0.335 e. The number of nitrogens with zero attached hydrogens (tertiary/aromatic N) is 1. The van der Waals surface area contributed by atoms with E-state index in [0.717, 1.165) is 6.42 Å². The first kappa shape index (κ1) is 13.4. The van der Waals surface area contributed by atoms with Crippen LogP contribution in [0.3, 0.4) is 0 Å². The number of carboxylic acid groups (broad SMARTS) is 1. The standard InChI is InChI=1S/C13H16N2O4/c16-8-9-5-6-15(7-9)13(19)14-11-3-1-10(2-4-11)12(17)18/h1-4,9,16H,5-8H2,(H,14,19)(H,17,18). The van der Waals surface area contributed by atoms with Crippen molar-refractivity contribution < 1.29 is 19.8 Å². The predicted molar refractivity (Wildman–Crippen MR) is 69.2 cm³/mol. The second kappa shape index (κ2) is 5.71. The number of aliphatic hydroxyl groups excluding tert-OH is 1. The zero-order valence-corrected chi connectivity index (χ0v) is 10.4. The predicted octanol–water partition coefficient (Wildman–Crippen LogP) is 1.23. The van der Waals surface area contributed by atoms with Gasteiger partial charge < -0.3 is 20.4 Å². The molecule has 1 atom stereocenters. The van der Waals surface area contributed by atoms with E-state index in [1.54, 1.807) is 17.0 Å². The molecule has 6 nitrogen and oxygen atoms in total. The summed E-state index contributed by atoms with van der Waals surface area (Å²) in [7, 11) is 0. The van der Waals surface area contributed by atoms with Gasteiger partial charge >= 0.3 is 12.0 Å². The molecule has 1 fully saturated rings. The van der Waals surface area contributed by atoms with E-state index in [2.05, 4.69) is 5.32 Å². The number of amides is 2. The maximum Gasteiger partial charge on any atom is 0.335 e. The van der Waals surface area contributed by atoms with Gasteiger partial charge in [-0.15, -0.1) is 0 Å². The van der Waals surface area contributed by atoms with E-state index in [1.807, 2.05) is 0 Å². The summed E-state index contributed by atoms with van der Waals surface area (Å²) < 4.78 is 0. The Kier molecular flexibility index (Phi) is 4.01. The van der Waals surface area contributed by atoms with Gasteiger partial charge in [-0.05, 0) is 30.7 Å². The van der Waals surface area contributed by atoms with Crippen LogP contribution in [0.1, 0.15) is 16.8 Å². The van der Waals surface area contributed by atoms with Gasteiger partial charge in [0.2, 0.25) is 0 Å². The molecule has 3 N–H and O–H groups in total. The highest BCUT2D eigenvalue weighted by atomic mass is 16.4. The number of hydrogen-bond donors (Lipinski definition) is 3. The third-order valence-electron chi connectivity index (χ3n) is 3.21. The van der Waals surface area contributed by atoms with Gasteiger partial charge in [-0.1, -0.05) is 0 Å². The molecule has 0 bridgehead atoms. The van der Waals surface area contributed by atoms with E-state index < -0.39 is 5.97 Å². The van der Waals surface area contributed by atoms with Crippen molar-refractivity contribution in [3.05, 3.63) is 29.8 Å². The van der Waals surface area contributed by atoms with E-state index in [0.29, 0.717) is 18.8 Å². The molecule has 6 heteroatoms. The normalized spacial score (nSPS) is 18.4. The third-order valence-corrected chi connectivity index (χ3v) is 3.21. The Morgan fingerprint density at radius 2 is 2.00 bits per heavy atom. The molecule has 1 heterocycles. The summed E-state index contributed by atoms with van der Waals surface area (Å²) in [6, 6.07) is 5.78. The van der Waals surface area contributed by atoms with Crippen molar-refractivity contribution >= 4 is 17.7 Å². The fourth-order valence-electron chi connectivity index (χ4n) is 2.06. The lowest BCUT2D eigenvalue weighted by Crippen LogP contribution is -2.33. The van der Waals surface area contributed by atoms with Crippen molar-refractivity contribution in [2.24, 2.45) is 5.92 Å². The highest BCUT2D eigenvalue weighted by Gasteiger charge is 2.25. The van der Waals surface area contributed by atoms with Gasteiger partial charge in [-0.25, -0.2) is 9.59 Å². The van der Waals surface area contributed by atoms with Crippen molar-refractivity contribution in [2.75, 3.05) is 25.0 Å². The molecule has 2 rings (SSSR count). The van der Waals surface area contributed by atoms with Crippen LogP contribution in [0.2, 0.25) is 0 Å². The van der Waals surface area contributed by atoms with Gasteiger partial charge in [0, 0.05) is 31.3 Å². The number of benzene rings is 1. The number of nitrogens with one attached hydrogen (secondary N) is 1. The summed E-state index contributed by atoms with van der Waals surface area (Å²) in [5.74, 6) is -0.844. The quantitative estimate of drug-likeness (QED) is 0.766. The number of aliphatic hydroxyl groups is 1. The minimum absolute atomic E-state index is 0.0943. The molecule has 1 unspecified atom stereocenters. The molecule has 0 aliphatic carbocycles. The largest absolute Gasteiger partial charge is 0.478 e. The average molecular weight is 264 g/mol. The SMILES string of the molecule is O=C(O)c1ccc(NC(=O)N2CCC(CO)C2)cc1. The summed E-state index contributed by atoms with van der Waals surface area (Å²) in [6.45, 7) is 1.27. The maximum absolute atomic E-state index is 11.9. The highest BCUT2D eigenvalue weighted by Crippen LogP contribution is 2.17. The van der Waals surface area contributed by atoms with Crippen LogP contribution in [0, 0.1) is 5.92 Å². The van der Waals surface area contributed by atoms with Crippen LogP contribution in [-0.4, -0.2) is 46.8 Å². The lowest BCUT2D eigenvalue weighted by atomic mass is 10.1. The lowest BCUT2D eigenvalue weighted by Gasteiger charge is -2.17. The van der Waals surface area contributed by atoms with Crippen LogP contribution >= 0.6 is 0 Å². The molecule has 1 aliphatic rings. The summed E-state index contributed by atoms with van der Waals surface area (Å²) in [6.07, 6.45) is 0.807. The van der Waals surface area contributed by atoms with Gasteiger partial charge in [0.1, 0.15) is 0 Å². The molecule has 0 aromatic heterocycles. The number of carbonyl (C=O) groups excluding carboxylic acids is 1. The number of anilines is 1. The average Bonchev–Trinajstić information content (AvgIpc) is 2.88. The molecular formula is C13H16N2O4. The molecule has 0 spiro atoms. The van der Waals surface area contributed by atoms with E-state index in [4.69, 9.17) is 10.2 Å². The van der Waals surface area contributed by atoms with E-state index >= 15 is 0 Å². The van der Waals surface area contributed by atoms with E-state index in [9.17, 15) is 9.59 Å². The summed E-state index contributed by atoms with van der Waals surface area (Å²) >= 11 is 0. The summed E-state index contributed by atoms with van der Waals surface area (Å²) in [5, 5.41) is 20.5. The van der Waals surface area contributed by atoms with Crippen LogP contribution in [0.5, 0.6) is 0 Å². The Balaban J connectivity index is 1.94. The number of aromatic carboxylic acids is 1. The Hall–Kier alpha value is -2.08. The Morgan fingerprint density at radius 3 is 2.53 bits per heavy atom. The van der Waals surface area contributed by atoms with Crippen molar-refractivity contribution in [3.8, 4) is 0 Å². The molecule has 102 valence electrons. The van der Waals surface area contributed by atoms with Gasteiger partial charge in [0.15, 0.2) is 0 Å². The second-order valence-corrected chi connectivity index (χ2v) is 4.60. The number of hydrogen-bond acceptors (Lipinski definition) is 3. The van der Waals surface area contributed by atoms with Gasteiger partial charge in [-0.3, -0.25) is 0 Å². The molecular weight excluding hydrogens is 248 g/mol. The van der Waals surface area contributed by atoms with E-state index in [-0.39, 0.29) is 24.1 Å². The number of carbonyl (C=O) groups is 2. The van der Waals surface area contributed by atoms with Gasteiger partial charge in [0.25, 0.3) is 0 Å². The second-order valence-electron chi connectivity index (χ2n) is 4.60. The molecule has 0 radical (unpaired) electrons. The highest BCUT2D eigenvalue weighted by molar-refractivity contribution is 5.91. The topological polar surface area (TPSA) is 89.9 Å². The van der Waals surface area contributed by atoms with Crippen LogP contribution in [-0.2, 0) is 0 Å². The molecule has 2 amide bonds. The monoisotopic (exact) mass is 264 g/mol. The van der Waals surface area contributed by atoms with Gasteiger partial charge in [-0.2, -0.15) is 0 Å². The molecule has 0 saturated carbocycles. The first-order valence-electron chi connectivity index (χ1n) is 6.10. The van der Waals surface area contributed by atoms with Crippen molar-refractivity contribution in [3.63, 3.8) is 0 Å². The van der Waals surface area contributed by atoms with Crippen LogP contribution < -0.4 is 5.32 Å². The molecule has 1 saturated heterocycles. The fraction of sp³-hybridized carbons (Fsp3) is 0.385.